The van der Waals surface area contributed by atoms with Crippen molar-refractivity contribution in [3.05, 3.63) is 29.3 Å². The normalized spacial score (nSPS) is 24.1. The maximum absolute atomic E-state index is 12.0. The molecule has 1 heterocycles. The largest absolute Gasteiger partial charge is 0.370 e. The van der Waals surface area contributed by atoms with E-state index < -0.39 is 5.54 Å². The van der Waals surface area contributed by atoms with E-state index in [1.807, 2.05) is 24.3 Å². The van der Waals surface area contributed by atoms with Gasteiger partial charge in [-0.05, 0) is 44.5 Å². The van der Waals surface area contributed by atoms with Crippen LogP contribution < -0.4 is 11.1 Å². The lowest BCUT2D eigenvalue weighted by atomic mass is 9.89. The van der Waals surface area contributed by atoms with Crippen LogP contribution in [0.15, 0.2) is 24.3 Å². The first-order valence-corrected chi connectivity index (χ1v) is 7.50. The van der Waals surface area contributed by atoms with E-state index in [-0.39, 0.29) is 5.91 Å². The Morgan fingerprint density at radius 1 is 1.40 bits per heavy atom. The number of hydrogen-bond acceptors (Lipinski definition) is 3. The Kier molecular flexibility index (Phi) is 4.89. The summed E-state index contributed by atoms with van der Waals surface area (Å²) in [5.74, 6) is -0.296. The Morgan fingerprint density at radius 3 is 2.80 bits per heavy atom. The number of carbonyl (C=O) groups excluding carboxylic acids is 1. The fraction of sp³-hybridized carbons (Fsp3) is 0.533. The molecule has 1 aliphatic heterocycles. The van der Waals surface area contributed by atoms with Crippen LogP contribution in [0.2, 0.25) is 5.02 Å². The van der Waals surface area contributed by atoms with Gasteiger partial charge in [0.2, 0.25) is 5.91 Å². The van der Waals surface area contributed by atoms with E-state index in [4.69, 9.17) is 17.3 Å². The summed E-state index contributed by atoms with van der Waals surface area (Å²) in [6.45, 7) is 5.02. The van der Waals surface area contributed by atoms with Crippen molar-refractivity contribution in [1.82, 2.24) is 4.90 Å². The van der Waals surface area contributed by atoms with Crippen LogP contribution in [-0.4, -0.2) is 36.0 Å². The lowest BCUT2D eigenvalue weighted by Gasteiger charge is -2.32. The molecule has 1 atom stereocenters. The molecule has 4 nitrogen and oxygen atoms in total. The van der Waals surface area contributed by atoms with Crippen LogP contribution in [0.25, 0.3) is 0 Å². The zero-order valence-electron chi connectivity index (χ0n) is 11.9. The fourth-order valence-corrected chi connectivity index (χ4v) is 2.94. The summed E-state index contributed by atoms with van der Waals surface area (Å²) in [6, 6.07) is 7.47. The van der Waals surface area contributed by atoms with Crippen LogP contribution in [0.1, 0.15) is 26.2 Å². The van der Waals surface area contributed by atoms with E-state index in [0.29, 0.717) is 11.4 Å². The molecular formula is C15H22ClN3O. The van der Waals surface area contributed by atoms with Gasteiger partial charge in [0.05, 0.1) is 10.7 Å². The second-order valence-electron chi connectivity index (χ2n) is 5.34. The number of amides is 1. The van der Waals surface area contributed by atoms with Crippen LogP contribution in [0.4, 0.5) is 5.69 Å². The van der Waals surface area contributed by atoms with E-state index in [1.165, 1.54) is 0 Å². The number of rotatable bonds is 4. The number of hydrogen-bond donors (Lipinski definition) is 2. The molecule has 0 saturated carbocycles. The Bertz CT molecular complexity index is 480. The molecule has 1 saturated heterocycles. The highest BCUT2D eigenvalue weighted by Gasteiger charge is 2.38. The molecule has 1 aliphatic rings. The number of anilines is 1. The number of primary amides is 1. The van der Waals surface area contributed by atoms with Crippen molar-refractivity contribution in [2.75, 3.05) is 25.0 Å². The first-order valence-electron chi connectivity index (χ1n) is 7.12. The molecule has 2 rings (SSSR count). The predicted octanol–water partition coefficient (Wildman–Crippen LogP) is 2.48. The first kappa shape index (κ1) is 15.1. The van der Waals surface area contributed by atoms with Crippen LogP contribution in [0.5, 0.6) is 0 Å². The molecule has 0 bridgehead atoms. The molecule has 5 heteroatoms. The van der Waals surface area contributed by atoms with Crippen LogP contribution in [0.3, 0.4) is 0 Å². The van der Waals surface area contributed by atoms with Gasteiger partial charge in [0, 0.05) is 6.54 Å². The number of likely N-dealkylation sites (tertiary alicyclic amines) is 1. The molecule has 0 spiro atoms. The molecule has 1 amide bonds. The predicted molar refractivity (Wildman–Crippen MR) is 83.0 cm³/mol. The highest BCUT2D eigenvalue weighted by Crippen LogP contribution is 2.30. The first-order chi connectivity index (χ1) is 9.57. The minimum Gasteiger partial charge on any atom is -0.370 e. The monoisotopic (exact) mass is 295 g/mol. The number of nitrogens with two attached hydrogens (primary N) is 1. The Labute approximate surface area is 125 Å². The smallest absolute Gasteiger partial charge is 0.243 e. The Morgan fingerprint density at radius 2 is 2.15 bits per heavy atom. The summed E-state index contributed by atoms with van der Waals surface area (Å²) in [6.07, 6.45) is 2.40. The minimum atomic E-state index is -0.699. The number of carbonyl (C=O) groups is 1. The topological polar surface area (TPSA) is 58.4 Å². The summed E-state index contributed by atoms with van der Waals surface area (Å²) < 4.78 is 0. The van der Waals surface area contributed by atoms with Crippen LogP contribution >= 0.6 is 11.6 Å². The van der Waals surface area contributed by atoms with Gasteiger partial charge in [0.1, 0.15) is 5.54 Å². The van der Waals surface area contributed by atoms with Gasteiger partial charge < -0.3 is 16.0 Å². The van der Waals surface area contributed by atoms with Gasteiger partial charge in [-0.15, -0.1) is 0 Å². The lowest BCUT2D eigenvalue weighted by molar-refractivity contribution is -0.122. The number of benzene rings is 1. The van der Waals surface area contributed by atoms with Crippen molar-refractivity contribution in [2.45, 2.75) is 31.7 Å². The molecule has 110 valence electrons. The van der Waals surface area contributed by atoms with Gasteiger partial charge in [-0.1, -0.05) is 30.7 Å². The third-order valence-electron chi connectivity index (χ3n) is 4.10. The highest BCUT2D eigenvalue weighted by atomic mass is 35.5. The summed E-state index contributed by atoms with van der Waals surface area (Å²) in [5, 5.41) is 3.93. The number of nitrogens with zero attached hydrogens (tertiary/aromatic N) is 1. The van der Waals surface area contributed by atoms with Crippen molar-refractivity contribution in [1.29, 1.82) is 0 Å². The zero-order valence-corrected chi connectivity index (χ0v) is 12.6. The second kappa shape index (κ2) is 6.46. The van der Waals surface area contributed by atoms with Crippen molar-refractivity contribution >= 4 is 23.2 Å². The molecule has 1 unspecified atom stereocenters. The maximum atomic E-state index is 12.0. The molecule has 20 heavy (non-hydrogen) atoms. The quantitative estimate of drug-likeness (QED) is 0.897. The van der Waals surface area contributed by atoms with Crippen LogP contribution in [-0.2, 0) is 4.79 Å². The van der Waals surface area contributed by atoms with Crippen molar-refractivity contribution in [2.24, 2.45) is 5.73 Å². The third kappa shape index (κ3) is 3.25. The number of halogens is 1. The van der Waals surface area contributed by atoms with Gasteiger partial charge in [0.25, 0.3) is 0 Å². The fourth-order valence-electron chi connectivity index (χ4n) is 2.76. The van der Waals surface area contributed by atoms with Crippen molar-refractivity contribution in [3.8, 4) is 0 Å². The van der Waals surface area contributed by atoms with Gasteiger partial charge in [-0.3, -0.25) is 4.79 Å². The average molecular weight is 296 g/mol. The Balaban J connectivity index is 2.22. The summed E-state index contributed by atoms with van der Waals surface area (Å²) in [7, 11) is 0. The zero-order chi connectivity index (χ0) is 14.6. The molecule has 3 N–H and O–H groups in total. The molecule has 0 radical (unpaired) electrons. The van der Waals surface area contributed by atoms with Gasteiger partial charge in [0.15, 0.2) is 0 Å². The third-order valence-corrected chi connectivity index (χ3v) is 4.43. The second-order valence-corrected chi connectivity index (χ2v) is 5.75. The number of nitrogens with one attached hydrogen (secondary N) is 1. The molecule has 1 aromatic rings. The van der Waals surface area contributed by atoms with Gasteiger partial charge >= 0.3 is 0 Å². The maximum Gasteiger partial charge on any atom is 0.243 e. The Hall–Kier alpha value is -1.26. The molecular weight excluding hydrogens is 274 g/mol. The lowest BCUT2D eigenvalue weighted by Crippen LogP contribution is -2.51. The number of para-hydroxylation sites is 1. The van der Waals surface area contributed by atoms with Crippen molar-refractivity contribution < 1.29 is 4.79 Å². The average Bonchev–Trinajstić information content (AvgIpc) is 2.65. The summed E-state index contributed by atoms with van der Waals surface area (Å²) in [5.41, 5.74) is 5.77. The van der Waals surface area contributed by atoms with Crippen molar-refractivity contribution in [3.63, 3.8) is 0 Å². The van der Waals surface area contributed by atoms with E-state index in [9.17, 15) is 4.79 Å². The summed E-state index contributed by atoms with van der Waals surface area (Å²) >= 11 is 6.18. The highest BCUT2D eigenvalue weighted by molar-refractivity contribution is 6.33. The summed E-state index contributed by atoms with van der Waals surface area (Å²) in [4.78, 5) is 14.4. The minimum absolute atomic E-state index is 0.296. The van der Waals surface area contributed by atoms with E-state index in [2.05, 4.69) is 17.1 Å². The molecule has 1 fully saturated rings. The van der Waals surface area contributed by atoms with E-state index in [1.54, 1.807) is 0 Å². The SMILES string of the molecule is CCN1CCCC(Nc2ccccc2Cl)(C(N)=O)CC1. The van der Waals surface area contributed by atoms with Gasteiger partial charge in [-0.2, -0.15) is 0 Å². The molecule has 1 aromatic carbocycles. The molecule has 0 aliphatic carbocycles. The van der Waals surface area contributed by atoms with Crippen LogP contribution in [0, 0.1) is 0 Å². The van der Waals surface area contributed by atoms with E-state index >= 15 is 0 Å². The van der Waals surface area contributed by atoms with E-state index in [0.717, 1.165) is 38.2 Å². The van der Waals surface area contributed by atoms with Gasteiger partial charge in [-0.25, -0.2) is 0 Å². The molecule has 0 aromatic heterocycles. The standard InChI is InChI=1S/C15H22ClN3O/c1-2-19-10-5-8-15(9-11-19,14(17)20)18-13-7-4-3-6-12(13)16/h3-4,6-7,18H,2,5,8-11H2,1H3,(H2,17,20).